The summed E-state index contributed by atoms with van der Waals surface area (Å²) in [5.74, 6) is -0.172. The maximum absolute atomic E-state index is 12.6. The van der Waals surface area contributed by atoms with Crippen molar-refractivity contribution >= 4 is 22.8 Å². The molecule has 1 aromatic carbocycles. The highest BCUT2D eigenvalue weighted by molar-refractivity contribution is 5.90. The van der Waals surface area contributed by atoms with Gasteiger partial charge in [-0.3, -0.25) is 9.59 Å². The van der Waals surface area contributed by atoms with Crippen LogP contribution in [0.5, 0.6) is 0 Å². The number of fused-ring (bicyclic) bond motifs is 1. The molecule has 0 spiro atoms. The third-order valence-electron chi connectivity index (χ3n) is 4.82. The van der Waals surface area contributed by atoms with Crippen molar-refractivity contribution in [3.8, 4) is 0 Å². The first-order valence-electron chi connectivity index (χ1n) is 8.32. The van der Waals surface area contributed by atoms with Gasteiger partial charge in [-0.05, 0) is 43.9 Å². The number of esters is 1. The van der Waals surface area contributed by atoms with E-state index in [-0.39, 0.29) is 17.8 Å². The smallest absolute Gasteiger partial charge is 0.308 e. The van der Waals surface area contributed by atoms with Crippen LogP contribution >= 0.6 is 0 Å². The van der Waals surface area contributed by atoms with Gasteiger partial charge in [0.15, 0.2) is 0 Å². The number of rotatable bonds is 3. The van der Waals surface area contributed by atoms with E-state index in [1.165, 1.54) is 7.11 Å². The van der Waals surface area contributed by atoms with Gasteiger partial charge in [0.2, 0.25) is 5.91 Å². The highest BCUT2D eigenvalue weighted by Crippen LogP contribution is 2.27. The minimum atomic E-state index is -0.172. The van der Waals surface area contributed by atoms with Gasteiger partial charge < -0.3 is 14.1 Å². The molecule has 0 radical (unpaired) electrons. The summed E-state index contributed by atoms with van der Waals surface area (Å²) < 4.78 is 10.4. The van der Waals surface area contributed by atoms with Crippen molar-refractivity contribution < 1.29 is 18.7 Å². The van der Waals surface area contributed by atoms with E-state index in [0.29, 0.717) is 32.4 Å². The van der Waals surface area contributed by atoms with Crippen molar-refractivity contribution in [2.75, 3.05) is 20.2 Å². The molecule has 0 unspecified atom stereocenters. The molecular weight excluding hydrogens is 306 g/mol. The van der Waals surface area contributed by atoms with Gasteiger partial charge in [0.25, 0.3) is 0 Å². The fourth-order valence-corrected chi connectivity index (χ4v) is 3.56. The molecule has 0 atom stereocenters. The maximum atomic E-state index is 12.6. The highest BCUT2D eigenvalue weighted by Gasteiger charge is 2.28. The number of piperidine rings is 1. The Kier molecular flexibility index (Phi) is 4.60. The molecule has 1 fully saturated rings. The molecule has 2 heterocycles. The first kappa shape index (κ1) is 16.6. The van der Waals surface area contributed by atoms with Crippen LogP contribution in [-0.4, -0.2) is 37.0 Å². The lowest BCUT2D eigenvalue weighted by Crippen LogP contribution is -2.41. The summed E-state index contributed by atoms with van der Waals surface area (Å²) in [6, 6.07) is 4.10. The molecule has 5 heteroatoms. The quantitative estimate of drug-likeness (QED) is 0.812. The average molecular weight is 329 g/mol. The molecule has 1 aliphatic rings. The van der Waals surface area contributed by atoms with E-state index in [2.05, 4.69) is 6.07 Å². The zero-order chi connectivity index (χ0) is 17.3. The minimum absolute atomic E-state index is 0.0842. The summed E-state index contributed by atoms with van der Waals surface area (Å²) in [7, 11) is 1.41. The Labute approximate surface area is 141 Å². The van der Waals surface area contributed by atoms with E-state index in [0.717, 1.165) is 27.7 Å². The number of likely N-dealkylation sites (tertiary alicyclic amines) is 1. The SMILES string of the molecule is COC(=O)C1CCN(C(=O)Cc2coc3cc(C)cc(C)c23)CC1. The van der Waals surface area contributed by atoms with Crippen molar-refractivity contribution in [1.29, 1.82) is 0 Å². The van der Waals surface area contributed by atoms with E-state index >= 15 is 0 Å². The molecule has 1 amide bonds. The fraction of sp³-hybridized carbons (Fsp3) is 0.474. The van der Waals surface area contributed by atoms with Gasteiger partial charge in [-0.15, -0.1) is 0 Å². The largest absolute Gasteiger partial charge is 0.469 e. The molecule has 2 aromatic rings. The van der Waals surface area contributed by atoms with Crippen LogP contribution in [0, 0.1) is 19.8 Å². The molecule has 3 rings (SSSR count). The van der Waals surface area contributed by atoms with Crippen LogP contribution in [0.1, 0.15) is 29.5 Å². The second-order valence-electron chi connectivity index (χ2n) is 6.57. The molecule has 0 saturated carbocycles. The van der Waals surface area contributed by atoms with E-state index in [1.807, 2.05) is 24.8 Å². The number of hydrogen-bond donors (Lipinski definition) is 0. The van der Waals surface area contributed by atoms with Crippen LogP contribution in [-0.2, 0) is 20.7 Å². The lowest BCUT2D eigenvalue weighted by atomic mass is 9.96. The zero-order valence-electron chi connectivity index (χ0n) is 14.4. The topological polar surface area (TPSA) is 59.8 Å². The number of carbonyl (C=O) groups excluding carboxylic acids is 2. The first-order chi connectivity index (χ1) is 11.5. The molecule has 1 aromatic heterocycles. The normalized spacial score (nSPS) is 15.7. The fourth-order valence-electron chi connectivity index (χ4n) is 3.56. The average Bonchev–Trinajstić information content (AvgIpc) is 2.97. The van der Waals surface area contributed by atoms with Crippen molar-refractivity contribution in [2.24, 2.45) is 5.92 Å². The zero-order valence-corrected chi connectivity index (χ0v) is 14.4. The maximum Gasteiger partial charge on any atom is 0.308 e. The van der Waals surface area contributed by atoms with Gasteiger partial charge >= 0.3 is 5.97 Å². The molecule has 24 heavy (non-hydrogen) atoms. The Morgan fingerprint density at radius 2 is 1.96 bits per heavy atom. The van der Waals surface area contributed by atoms with E-state index < -0.39 is 0 Å². The molecule has 1 saturated heterocycles. The summed E-state index contributed by atoms with van der Waals surface area (Å²) in [6.45, 7) is 5.28. The minimum Gasteiger partial charge on any atom is -0.469 e. The summed E-state index contributed by atoms with van der Waals surface area (Å²) in [5, 5.41) is 1.04. The van der Waals surface area contributed by atoms with E-state index in [4.69, 9.17) is 9.15 Å². The number of carbonyl (C=O) groups is 2. The number of aryl methyl sites for hydroxylation is 2. The summed E-state index contributed by atoms with van der Waals surface area (Å²) in [4.78, 5) is 26.0. The Hall–Kier alpha value is -2.30. The molecular formula is C19H23NO4. The van der Waals surface area contributed by atoms with Crippen LogP contribution in [0.15, 0.2) is 22.8 Å². The van der Waals surface area contributed by atoms with Gasteiger partial charge in [-0.2, -0.15) is 0 Å². The standard InChI is InChI=1S/C19H23NO4/c1-12-8-13(2)18-15(11-24-16(18)9-12)10-17(21)20-6-4-14(5-7-20)19(22)23-3/h8-9,11,14H,4-7,10H2,1-3H3. The lowest BCUT2D eigenvalue weighted by molar-refractivity contribution is -0.148. The number of amides is 1. The van der Waals surface area contributed by atoms with Gasteiger partial charge in [-0.1, -0.05) is 6.07 Å². The van der Waals surface area contributed by atoms with E-state index in [1.54, 1.807) is 6.26 Å². The van der Waals surface area contributed by atoms with Crippen LogP contribution in [0.2, 0.25) is 0 Å². The molecule has 5 nitrogen and oxygen atoms in total. The van der Waals surface area contributed by atoms with Crippen molar-refractivity contribution in [3.63, 3.8) is 0 Å². The third kappa shape index (κ3) is 3.16. The summed E-state index contributed by atoms with van der Waals surface area (Å²) in [5.41, 5.74) is 4.05. The third-order valence-corrected chi connectivity index (χ3v) is 4.82. The molecule has 128 valence electrons. The number of methoxy groups -OCH3 is 1. The Morgan fingerprint density at radius 1 is 1.25 bits per heavy atom. The molecule has 0 bridgehead atoms. The second kappa shape index (κ2) is 6.67. The lowest BCUT2D eigenvalue weighted by Gasteiger charge is -2.30. The molecule has 1 aliphatic heterocycles. The van der Waals surface area contributed by atoms with Gasteiger partial charge in [-0.25, -0.2) is 0 Å². The van der Waals surface area contributed by atoms with Gasteiger partial charge in [0.1, 0.15) is 5.58 Å². The van der Waals surface area contributed by atoms with Crippen molar-refractivity contribution in [3.05, 3.63) is 35.1 Å². The van der Waals surface area contributed by atoms with Crippen LogP contribution in [0.25, 0.3) is 11.0 Å². The predicted molar refractivity (Wildman–Crippen MR) is 90.7 cm³/mol. The summed E-state index contributed by atoms with van der Waals surface area (Å²) in [6.07, 6.45) is 3.36. The second-order valence-corrected chi connectivity index (χ2v) is 6.57. The van der Waals surface area contributed by atoms with Crippen molar-refractivity contribution in [1.82, 2.24) is 4.90 Å². The monoisotopic (exact) mass is 329 g/mol. The molecule has 0 N–H and O–H groups in total. The highest BCUT2D eigenvalue weighted by atomic mass is 16.5. The number of furan rings is 1. The first-order valence-corrected chi connectivity index (χ1v) is 8.32. The van der Waals surface area contributed by atoms with Crippen LogP contribution < -0.4 is 0 Å². The van der Waals surface area contributed by atoms with E-state index in [9.17, 15) is 9.59 Å². The Morgan fingerprint density at radius 3 is 2.62 bits per heavy atom. The predicted octanol–water partition coefficient (Wildman–Crippen LogP) is 3.00. The summed E-state index contributed by atoms with van der Waals surface area (Å²) >= 11 is 0. The Bertz CT molecular complexity index is 769. The van der Waals surface area contributed by atoms with Crippen LogP contribution in [0.4, 0.5) is 0 Å². The van der Waals surface area contributed by atoms with Crippen molar-refractivity contribution in [2.45, 2.75) is 33.1 Å². The number of hydrogen-bond acceptors (Lipinski definition) is 4. The Balaban J connectivity index is 1.69. The van der Waals surface area contributed by atoms with Gasteiger partial charge in [0.05, 0.1) is 25.7 Å². The van der Waals surface area contributed by atoms with Crippen LogP contribution in [0.3, 0.4) is 0 Å². The number of nitrogens with zero attached hydrogens (tertiary/aromatic N) is 1. The number of benzene rings is 1. The molecule has 0 aliphatic carbocycles. The number of ether oxygens (including phenoxy) is 1. The van der Waals surface area contributed by atoms with Gasteiger partial charge in [0, 0.05) is 24.0 Å².